The number of nitrogens with one attached hydrogen (secondary N) is 2. The van der Waals surface area contributed by atoms with Crippen LogP contribution in [-0.4, -0.2) is 58.0 Å². The van der Waals surface area contributed by atoms with Crippen molar-refractivity contribution in [2.45, 2.75) is 25.5 Å². The molecule has 1 aliphatic heterocycles. The molecule has 1 aliphatic rings. The van der Waals surface area contributed by atoms with Crippen LogP contribution in [0.25, 0.3) is 21.8 Å². The summed E-state index contributed by atoms with van der Waals surface area (Å²) in [6.45, 7) is 4.37. The minimum atomic E-state index is -0.643. The maximum atomic E-state index is 13.1. The monoisotopic (exact) mass is 415 g/mol. The van der Waals surface area contributed by atoms with Crippen LogP contribution in [0.1, 0.15) is 13.8 Å². The van der Waals surface area contributed by atoms with Gasteiger partial charge in [0.2, 0.25) is 11.8 Å². The highest BCUT2D eigenvalue weighted by Crippen LogP contribution is 2.33. The van der Waals surface area contributed by atoms with E-state index in [4.69, 9.17) is 22.1 Å². The SMILES string of the molecule is CC1(C)CN(CC(N)=O)[C@H](C(=O)Nc2cc(Cl)cc3c2[nH]c2cnccc23)CO1. The Balaban J connectivity index is 1.67. The van der Waals surface area contributed by atoms with Crippen molar-refractivity contribution in [2.75, 3.05) is 25.0 Å². The Hall–Kier alpha value is -2.68. The number of hydrogen-bond acceptors (Lipinski definition) is 5. The second kappa shape index (κ2) is 7.29. The van der Waals surface area contributed by atoms with Gasteiger partial charge in [0.1, 0.15) is 6.04 Å². The molecule has 0 unspecified atom stereocenters. The lowest BCUT2D eigenvalue weighted by molar-refractivity contribution is -0.146. The molecule has 152 valence electrons. The first-order chi connectivity index (χ1) is 13.7. The fourth-order valence-corrected chi connectivity index (χ4v) is 4.01. The number of carbonyl (C=O) groups excluding carboxylic acids is 2. The highest BCUT2D eigenvalue weighted by Gasteiger charge is 2.38. The lowest BCUT2D eigenvalue weighted by Gasteiger charge is -2.42. The average Bonchev–Trinajstić information content (AvgIpc) is 2.99. The van der Waals surface area contributed by atoms with Crippen molar-refractivity contribution in [1.82, 2.24) is 14.9 Å². The Labute approximate surface area is 172 Å². The van der Waals surface area contributed by atoms with Crippen LogP contribution < -0.4 is 11.1 Å². The van der Waals surface area contributed by atoms with Crippen LogP contribution in [0, 0.1) is 0 Å². The zero-order chi connectivity index (χ0) is 20.8. The number of rotatable bonds is 4. The van der Waals surface area contributed by atoms with E-state index in [1.54, 1.807) is 23.4 Å². The number of aromatic nitrogens is 2. The first-order valence-electron chi connectivity index (χ1n) is 9.26. The molecule has 1 saturated heterocycles. The number of nitrogens with two attached hydrogens (primary N) is 1. The molecule has 8 nitrogen and oxygen atoms in total. The van der Waals surface area contributed by atoms with Crippen LogP contribution in [0.15, 0.2) is 30.6 Å². The Bertz CT molecular complexity index is 1110. The van der Waals surface area contributed by atoms with Gasteiger partial charge in [-0.25, -0.2) is 0 Å². The molecule has 29 heavy (non-hydrogen) atoms. The van der Waals surface area contributed by atoms with Crippen molar-refractivity contribution in [3.63, 3.8) is 0 Å². The number of H-pyrrole nitrogens is 1. The van der Waals surface area contributed by atoms with Gasteiger partial charge in [0.05, 0.1) is 41.7 Å². The molecule has 4 rings (SSSR count). The number of benzene rings is 1. The summed E-state index contributed by atoms with van der Waals surface area (Å²) in [5, 5.41) is 5.29. The first kappa shape index (κ1) is 19.6. The van der Waals surface area contributed by atoms with Gasteiger partial charge in [-0.2, -0.15) is 0 Å². The van der Waals surface area contributed by atoms with Gasteiger partial charge in [-0.05, 0) is 32.0 Å². The summed E-state index contributed by atoms with van der Waals surface area (Å²) in [6.07, 6.45) is 3.43. The van der Waals surface area contributed by atoms with Gasteiger partial charge in [-0.3, -0.25) is 19.5 Å². The van der Waals surface area contributed by atoms with Gasteiger partial charge < -0.3 is 20.8 Å². The Morgan fingerprint density at radius 3 is 2.97 bits per heavy atom. The molecule has 0 bridgehead atoms. The van der Waals surface area contributed by atoms with Gasteiger partial charge in [-0.1, -0.05) is 11.6 Å². The maximum Gasteiger partial charge on any atom is 0.244 e. The number of morpholine rings is 1. The van der Waals surface area contributed by atoms with Crippen molar-refractivity contribution in [3.05, 3.63) is 35.6 Å². The molecule has 0 spiro atoms. The first-order valence-corrected chi connectivity index (χ1v) is 9.63. The third-order valence-corrected chi connectivity index (χ3v) is 5.27. The molecule has 1 aromatic carbocycles. The molecule has 1 fully saturated rings. The predicted octanol–water partition coefficient (Wildman–Crippen LogP) is 2.27. The Morgan fingerprint density at radius 2 is 2.21 bits per heavy atom. The number of amides is 2. The molecule has 2 amide bonds. The lowest BCUT2D eigenvalue weighted by Crippen LogP contribution is -2.59. The van der Waals surface area contributed by atoms with Gasteiger partial charge in [0, 0.05) is 28.5 Å². The van der Waals surface area contributed by atoms with Crippen LogP contribution in [0.3, 0.4) is 0 Å². The van der Waals surface area contributed by atoms with Crippen molar-refractivity contribution >= 4 is 50.9 Å². The Morgan fingerprint density at radius 1 is 1.41 bits per heavy atom. The smallest absolute Gasteiger partial charge is 0.244 e. The molecule has 0 aliphatic carbocycles. The van der Waals surface area contributed by atoms with Crippen LogP contribution in [0.2, 0.25) is 5.02 Å². The topological polar surface area (TPSA) is 113 Å². The minimum absolute atomic E-state index is 0.0200. The highest BCUT2D eigenvalue weighted by atomic mass is 35.5. The fraction of sp³-hybridized carbons (Fsp3) is 0.350. The molecule has 3 aromatic rings. The Kier molecular flexibility index (Phi) is 4.94. The van der Waals surface area contributed by atoms with E-state index in [0.717, 1.165) is 21.8 Å². The number of ether oxygens (including phenoxy) is 1. The number of fused-ring (bicyclic) bond motifs is 3. The van der Waals surface area contributed by atoms with E-state index < -0.39 is 17.6 Å². The van der Waals surface area contributed by atoms with E-state index in [9.17, 15) is 9.59 Å². The zero-order valence-corrected chi connectivity index (χ0v) is 16.9. The summed E-state index contributed by atoms with van der Waals surface area (Å²) in [4.78, 5) is 33.7. The predicted molar refractivity (Wildman–Crippen MR) is 112 cm³/mol. The maximum absolute atomic E-state index is 13.1. The molecule has 1 atom stereocenters. The van der Waals surface area contributed by atoms with Crippen LogP contribution in [-0.2, 0) is 14.3 Å². The summed E-state index contributed by atoms with van der Waals surface area (Å²) >= 11 is 6.31. The second-order valence-corrected chi connectivity index (χ2v) is 8.31. The largest absolute Gasteiger partial charge is 0.372 e. The standard InChI is InChI=1S/C20H22ClN5O3/c1-20(2)10-26(8-17(22)27)16(9-29-20)19(28)25-14-6-11(21)5-13-12-3-4-23-7-15(12)24-18(13)14/h3-7,16,24H,8-10H2,1-2H3,(H2,22,27)(H,25,28)/t16-/m0/s1. The van der Waals surface area contributed by atoms with E-state index in [-0.39, 0.29) is 19.1 Å². The minimum Gasteiger partial charge on any atom is -0.372 e. The molecular weight excluding hydrogens is 394 g/mol. The van der Waals surface area contributed by atoms with Crippen molar-refractivity contribution in [1.29, 1.82) is 0 Å². The number of hydrogen-bond donors (Lipinski definition) is 3. The summed E-state index contributed by atoms with van der Waals surface area (Å²) < 4.78 is 5.81. The molecule has 0 radical (unpaired) electrons. The van der Waals surface area contributed by atoms with Crippen LogP contribution in [0.5, 0.6) is 0 Å². The molecule has 3 heterocycles. The second-order valence-electron chi connectivity index (χ2n) is 7.87. The normalized spacial score (nSPS) is 19.5. The van der Waals surface area contributed by atoms with Gasteiger partial charge in [0.15, 0.2) is 0 Å². The number of aromatic amines is 1. The van der Waals surface area contributed by atoms with Crippen LogP contribution in [0.4, 0.5) is 5.69 Å². The summed E-state index contributed by atoms with van der Waals surface area (Å²) in [6, 6.07) is 4.78. The van der Waals surface area contributed by atoms with E-state index in [1.807, 2.05) is 26.0 Å². The van der Waals surface area contributed by atoms with Gasteiger partial charge in [0.25, 0.3) is 0 Å². The molecule has 4 N–H and O–H groups in total. The fourth-order valence-electron chi connectivity index (χ4n) is 3.79. The zero-order valence-electron chi connectivity index (χ0n) is 16.2. The van der Waals surface area contributed by atoms with Crippen molar-refractivity contribution < 1.29 is 14.3 Å². The summed E-state index contributed by atoms with van der Waals surface area (Å²) in [5.41, 5.74) is 7.06. The molecular formula is C20H22ClN5O3. The lowest BCUT2D eigenvalue weighted by atomic mass is 10.0. The number of pyridine rings is 1. The van der Waals surface area contributed by atoms with E-state index in [2.05, 4.69) is 15.3 Å². The van der Waals surface area contributed by atoms with E-state index >= 15 is 0 Å². The number of halogens is 1. The van der Waals surface area contributed by atoms with Gasteiger partial charge in [-0.15, -0.1) is 0 Å². The molecule has 2 aromatic heterocycles. The summed E-state index contributed by atoms with van der Waals surface area (Å²) in [7, 11) is 0. The van der Waals surface area contributed by atoms with Crippen molar-refractivity contribution in [3.8, 4) is 0 Å². The third-order valence-electron chi connectivity index (χ3n) is 5.05. The summed E-state index contributed by atoms with van der Waals surface area (Å²) in [5.74, 6) is -0.782. The number of carbonyl (C=O) groups is 2. The highest BCUT2D eigenvalue weighted by molar-refractivity contribution is 6.33. The van der Waals surface area contributed by atoms with E-state index in [0.29, 0.717) is 17.3 Å². The average molecular weight is 416 g/mol. The number of anilines is 1. The third kappa shape index (κ3) is 3.91. The molecule has 0 saturated carbocycles. The molecule has 9 heteroatoms. The van der Waals surface area contributed by atoms with Gasteiger partial charge >= 0.3 is 0 Å². The van der Waals surface area contributed by atoms with Crippen molar-refractivity contribution in [2.24, 2.45) is 5.73 Å². The van der Waals surface area contributed by atoms with E-state index in [1.165, 1.54) is 0 Å². The number of primary amides is 1. The number of nitrogens with zero attached hydrogens (tertiary/aromatic N) is 2. The van der Waals surface area contributed by atoms with Crippen LogP contribution >= 0.6 is 11.6 Å². The quantitative estimate of drug-likeness (QED) is 0.605.